The molecule has 0 spiro atoms. The van der Waals surface area contributed by atoms with Crippen molar-refractivity contribution in [1.29, 1.82) is 0 Å². The van der Waals surface area contributed by atoms with Crippen LogP contribution in [0.3, 0.4) is 0 Å². The lowest BCUT2D eigenvalue weighted by Gasteiger charge is -2.13. The van der Waals surface area contributed by atoms with Gasteiger partial charge < -0.3 is 10.2 Å². The maximum atomic E-state index is 9.40. The van der Waals surface area contributed by atoms with Gasteiger partial charge in [0.25, 0.3) is 0 Å². The van der Waals surface area contributed by atoms with E-state index in [2.05, 4.69) is 20.2 Å². The molecule has 70 valence electrons. The number of aromatic nitrogens is 2. The van der Waals surface area contributed by atoms with Crippen LogP contribution in [-0.4, -0.2) is 33.1 Å². The fourth-order valence-electron chi connectivity index (χ4n) is 0.859. The number of aromatic amines is 1. The van der Waals surface area contributed by atoms with Crippen LogP contribution < -0.4 is 0 Å². The van der Waals surface area contributed by atoms with Crippen molar-refractivity contribution in [3.05, 3.63) is 28.4 Å². The lowest BCUT2D eigenvalue weighted by Crippen LogP contribution is -2.21. The van der Waals surface area contributed by atoms with Gasteiger partial charge in [0.1, 0.15) is 6.10 Å². The highest BCUT2D eigenvalue weighted by molar-refractivity contribution is 5.03. The second-order valence-electron chi connectivity index (χ2n) is 2.44. The number of nitrogens with zero attached hydrogens (tertiary/aromatic N) is 4. The average Bonchev–Trinajstić information content (AvgIpc) is 2.65. The SMILES string of the molecule is [N-]=[N+]=NCC(O)C(O)c1ccn[nH]1. The Morgan fingerprint density at radius 2 is 2.46 bits per heavy atom. The molecule has 0 bridgehead atoms. The third-order valence-corrected chi connectivity index (χ3v) is 1.54. The summed E-state index contributed by atoms with van der Waals surface area (Å²) in [5.74, 6) is 0. The molecule has 3 N–H and O–H groups in total. The first-order valence-corrected chi connectivity index (χ1v) is 3.62. The fraction of sp³-hybridized carbons (Fsp3) is 0.500. The van der Waals surface area contributed by atoms with Crippen molar-refractivity contribution < 1.29 is 10.2 Å². The number of rotatable bonds is 4. The summed E-state index contributed by atoms with van der Waals surface area (Å²) in [4.78, 5) is 2.47. The highest BCUT2D eigenvalue weighted by Gasteiger charge is 2.18. The highest BCUT2D eigenvalue weighted by Crippen LogP contribution is 2.13. The number of H-pyrrole nitrogens is 1. The molecule has 1 rings (SSSR count). The molecule has 2 unspecified atom stereocenters. The molecular weight excluding hydrogens is 174 g/mol. The fourth-order valence-corrected chi connectivity index (χ4v) is 0.859. The molecule has 0 saturated heterocycles. The van der Waals surface area contributed by atoms with Crippen LogP contribution in [0.15, 0.2) is 17.4 Å². The molecule has 7 heteroatoms. The first-order chi connectivity index (χ1) is 6.25. The zero-order chi connectivity index (χ0) is 9.68. The molecule has 0 amide bonds. The van der Waals surface area contributed by atoms with E-state index in [1.165, 1.54) is 12.3 Å². The van der Waals surface area contributed by atoms with Crippen LogP contribution in [0.4, 0.5) is 0 Å². The van der Waals surface area contributed by atoms with E-state index in [1.807, 2.05) is 0 Å². The molecule has 1 aromatic heterocycles. The Morgan fingerprint density at radius 1 is 1.69 bits per heavy atom. The summed E-state index contributed by atoms with van der Waals surface area (Å²) in [5.41, 5.74) is 8.36. The van der Waals surface area contributed by atoms with E-state index in [9.17, 15) is 10.2 Å². The second-order valence-corrected chi connectivity index (χ2v) is 2.44. The summed E-state index contributed by atoms with van der Waals surface area (Å²) in [5, 5.41) is 27.9. The van der Waals surface area contributed by atoms with Crippen LogP contribution in [0.2, 0.25) is 0 Å². The third-order valence-electron chi connectivity index (χ3n) is 1.54. The number of hydrogen-bond acceptors (Lipinski definition) is 4. The Kier molecular flexibility index (Phi) is 3.27. The lowest BCUT2D eigenvalue weighted by atomic mass is 10.1. The van der Waals surface area contributed by atoms with Gasteiger partial charge >= 0.3 is 0 Å². The van der Waals surface area contributed by atoms with E-state index in [-0.39, 0.29) is 6.54 Å². The van der Waals surface area contributed by atoms with Crippen molar-refractivity contribution in [2.75, 3.05) is 6.54 Å². The minimum Gasteiger partial charge on any atom is -0.390 e. The molecule has 0 radical (unpaired) electrons. The van der Waals surface area contributed by atoms with Gasteiger partial charge in [-0.1, -0.05) is 5.11 Å². The number of aliphatic hydroxyl groups excluding tert-OH is 2. The zero-order valence-corrected chi connectivity index (χ0v) is 6.70. The molecule has 0 fully saturated rings. The Labute approximate surface area is 73.6 Å². The second kappa shape index (κ2) is 4.46. The van der Waals surface area contributed by atoms with E-state index >= 15 is 0 Å². The Hall–Kier alpha value is -1.56. The summed E-state index contributed by atoms with van der Waals surface area (Å²) in [6.45, 7) is -0.170. The first kappa shape index (κ1) is 9.53. The predicted molar refractivity (Wildman–Crippen MR) is 43.6 cm³/mol. The van der Waals surface area contributed by atoms with Gasteiger partial charge in [0.05, 0.1) is 18.3 Å². The molecule has 13 heavy (non-hydrogen) atoms. The molecule has 0 aliphatic carbocycles. The highest BCUT2D eigenvalue weighted by atomic mass is 16.3. The molecule has 7 nitrogen and oxygen atoms in total. The van der Waals surface area contributed by atoms with E-state index < -0.39 is 12.2 Å². The molecular formula is C6H9N5O2. The molecule has 0 aliphatic heterocycles. The summed E-state index contributed by atoms with van der Waals surface area (Å²) in [6, 6.07) is 1.53. The number of aliphatic hydroxyl groups is 2. The van der Waals surface area contributed by atoms with E-state index in [1.54, 1.807) is 0 Å². The van der Waals surface area contributed by atoms with E-state index in [0.29, 0.717) is 5.69 Å². The molecule has 1 heterocycles. The van der Waals surface area contributed by atoms with Crippen LogP contribution in [-0.2, 0) is 0 Å². The summed E-state index contributed by atoms with van der Waals surface area (Å²) < 4.78 is 0. The molecule has 2 atom stereocenters. The Bertz CT molecular complexity index is 292. The van der Waals surface area contributed by atoms with Crippen LogP contribution in [0.25, 0.3) is 10.4 Å². The summed E-state index contributed by atoms with van der Waals surface area (Å²) in [7, 11) is 0. The van der Waals surface area contributed by atoms with Gasteiger partial charge in [0, 0.05) is 11.1 Å². The van der Waals surface area contributed by atoms with Crippen LogP contribution in [0, 0.1) is 0 Å². The maximum Gasteiger partial charge on any atom is 0.121 e. The Morgan fingerprint density at radius 3 is 3.00 bits per heavy atom. The van der Waals surface area contributed by atoms with Crippen molar-refractivity contribution >= 4 is 0 Å². The topological polar surface area (TPSA) is 118 Å². The number of nitrogens with one attached hydrogen (secondary N) is 1. The largest absolute Gasteiger partial charge is 0.390 e. The quantitative estimate of drug-likeness (QED) is 0.349. The van der Waals surface area contributed by atoms with Gasteiger partial charge in [0.2, 0.25) is 0 Å². The van der Waals surface area contributed by atoms with Gasteiger partial charge in [-0.3, -0.25) is 5.10 Å². The molecule has 1 aromatic rings. The van der Waals surface area contributed by atoms with Crippen molar-refractivity contribution in [1.82, 2.24) is 10.2 Å². The van der Waals surface area contributed by atoms with Crippen molar-refractivity contribution in [2.45, 2.75) is 12.2 Å². The van der Waals surface area contributed by atoms with Crippen molar-refractivity contribution in [3.8, 4) is 0 Å². The monoisotopic (exact) mass is 183 g/mol. The summed E-state index contributed by atoms with van der Waals surface area (Å²) in [6.07, 6.45) is -0.761. The van der Waals surface area contributed by atoms with Crippen LogP contribution >= 0.6 is 0 Å². The van der Waals surface area contributed by atoms with Gasteiger partial charge in [-0.15, -0.1) is 0 Å². The minimum atomic E-state index is -1.11. The van der Waals surface area contributed by atoms with Gasteiger partial charge in [-0.25, -0.2) is 0 Å². The minimum absolute atomic E-state index is 0.170. The zero-order valence-electron chi connectivity index (χ0n) is 6.70. The smallest absolute Gasteiger partial charge is 0.121 e. The normalized spacial score (nSPS) is 14.6. The molecule has 0 aromatic carbocycles. The third kappa shape index (κ3) is 2.45. The first-order valence-electron chi connectivity index (χ1n) is 3.62. The van der Waals surface area contributed by atoms with E-state index in [0.717, 1.165) is 0 Å². The van der Waals surface area contributed by atoms with Crippen LogP contribution in [0.5, 0.6) is 0 Å². The number of azide groups is 1. The molecule has 0 aliphatic rings. The maximum absolute atomic E-state index is 9.40. The lowest BCUT2D eigenvalue weighted by molar-refractivity contribution is 0.0217. The van der Waals surface area contributed by atoms with E-state index in [4.69, 9.17) is 5.53 Å². The van der Waals surface area contributed by atoms with Crippen molar-refractivity contribution in [3.63, 3.8) is 0 Å². The van der Waals surface area contributed by atoms with Crippen molar-refractivity contribution in [2.24, 2.45) is 5.11 Å². The number of hydrogen-bond donors (Lipinski definition) is 3. The van der Waals surface area contributed by atoms with Gasteiger partial charge in [-0.2, -0.15) is 5.10 Å². The molecule has 0 saturated carbocycles. The summed E-state index contributed by atoms with van der Waals surface area (Å²) >= 11 is 0. The van der Waals surface area contributed by atoms with Gasteiger partial charge in [0.15, 0.2) is 0 Å². The predicted octanol–water partition coefficient (Wildman–Crippen LogP) is 0.114. The average molecular weight is 183 g/mol. The Balaban J connectivity index is 2.57. The van der Waals surface area contributed by atoms with Crippen LogP contribution in [0.1, 0.15) is 11.8 Å². The standard InChI is InChI=1S/C6H9N5O2/c7-11-9-3-5(12)6(13)4-1-2-8-10-4/h1-2,5-6,12-13H,3H2,(H,8,10). The van der Waals surface area contributed by atoms with Gasteiger partial charge in [-0.05, 0) is 11.6 Å².